The maximum absolute atomic E-state index is 13.3. The summed E-state index contributed by atoms with van der Waals surface area (Å²) in [5.74, 6) is 0.532. The van der Waals surface area contributed by atoms with Gasteiger partial charge in [0.05, 0.1) is 11.4 Å². The Morgan fingerprint density at radius 1 is 0.878 bits per heavy atom. The minimum absolute atomic E-state index is 0.248. The lowest BCUT2D eigenvalue weighted by atomic mass is 10.0. The van der Waals surface area contributed by atoms with Gasteiger partial charge >= 0.3 is 0 Å². The van der Waals surface area contributed by atoms with E-state index in [9.17, 15) is 9.59 Å². The highest BCUT2D eigenvalue weighted by Crippen LogP contribution is 2.35. The van der Waals surface area contributed by atoms with Crippen LogP contribution >= 0.6 is 27.7 Å². The summed E-state index contributed by atoms with van der Waals surface area (Å²) in [4.78, 5) is 28.0. The van der Waals surface area contributed by atoms with E-state index in [2.05, 4.69) is 20.5 Å². The Hall–Kier alpha value is -4.07. The molecule has 41 heavy (non-hydrogen) atoms. The van der Waals surface area contributed by atoms with Crippen LogP contribution in [0.15, 0.2) is 106 Å². The third-order valence-corrected chi connectivity index (χ3v) is 8.69. The van der Waals surface area contributed by atoms with E-state index in [0.717, 1.165) is 66.5 Å². The first-order valence-corrected chi connectivity index (χ1v) is 14.9. The first kappa shape index (κ1) is 27.1. The molecule has 5 aromatic rings. The summed E-state index contributed by atoms with van der Waals surface area (Å²) in [6, 6.07) is 32.1. The summed E-state index contributed by atoms with van der Waals surface area (Å²) in [5.41, 5.74) is 5.99. The largest absolute Gasteiger partial charge is 0.489 e. The van der Waals surface area contributed by atoms with Crippen molar-refractivity contribution < 1.29 is 14.3 Å². The molecule has 1 saturated heterocycles. The first-order valence-electron chi connectivity index (χ1n) is 13.3. The van der Waals surface area contributed by atoms with Gasteiger partial charge < -0.3 is 9.30 Å². The molecule has 0 bridgehead atoms. The fourth-order valence-electron chi connectivity index (χ4n) is 5.15. The molecule has 1 aromatic heterocycles. The number of halogens is 1. The quantitative estimate of drug-likeness (QED) is 0.170. The van der Waals surface area contributed by atoms with Crippen LogP contribution in [0.1, 0.15) is 28.1 Å². The van der Waals surface area contributed by atoms with Crippen LogP contribution in [0.3, 0.4) is 0 Å². The van der Waals surface area contributed by atoms with Crippen molar-refractivity contribution >= 4 is 55.7 Å². The van der Waals surface area contributed by atoms with Crippen LogP contribution < -0.4 is 4.74 Å². The third kappa shape index (κ3) is 5.60. The summed E-state index contributed by atoms with van der Waals surface area (Å²) >= 11 is 4.45. The monoisotopic (exact) mass is 622 g/mol. The molecule has 4 aromatic carbocycles. The number of amides is 2. The lowest BCUT2D eigenvalue weighted by molar-refractivity contribution is -0.123. The highest BCUT2D eigenvalue weighted by atomic mass is 79.9. The van der Waals surface area contributed by atoms with Crippen LogP contribution in [0.5, 0.6) is 5.75 Å². The molecule has 2 amide bonds. The number of imide groups is 1. The number of benzene rings is 4. The molecule has 0 atom stereocenters. The SMILES string of the molecule is Cc1cc(/C=C2/SC(=O)N(Cc3cccc4ccccc34)C2=O)c(C)n1-c1ccc(OCc2ccc(Br)cc2)cc1. The van der Waals surface area contributed by atoms with Crippen molar-refractivity contribution in [1.29, 1.82) is 0 Å². The van der Waals surface area contributed by atoms with Crippen molar-refractivity contribution in [3.05, 3.63) is 135 Å². The molecule has 0 radical (unpaired) electrons. The van der Waals surface area contributed by atoms with Gasteiger partial charge in [-0.15, -0.1) is 0 Å². The van der Waals surface area contributed by atoms with Crippen molar-refractivity contribution in [1.82, 2.24) is 9.47 Å². The average Bonchev–Trinajstić information content (AvgIpc) is 3.41. The van der Waals surface area contributed by atoms with Gasteiger partial charge in [-0.05, 0) is 102 Å². The number of hydrogen-bond donors (Lipinski definition) is 0. The van der Waals surface area contributed by atoms with E-state index in [-0.39, 0.29) is 17.7 Å². The maximum Gasteiger partial charge on any atom is 0.293 e. The van der Waals surface area contributed by atoms with Crippen LogP contribution in [0.25, 0.3) is 22.5 Å². The summed E-state index contributed by atoms with van der Waals surface area (Å²) in [6.45, 7) is 4.80. The Labute approximate surface area is 251 Å². The van der Waals surface area contributed by atoms with Gasteiger partial charge in [0.25, 0.3) is 11.1 Å². The number of carbonyl (C=O) groups excluding carboxylic acids is 2. The number of ether oxygens (including phenoxy) is 1. The highest BCUT2D eigenvalue weighted by molar-refractivity contribution is 9.10. The number of aryl methyl sites for hydroxylation is 1. The number of nitrogens with zero attached hydrogens (tertiary/aromatic N) is 2. The van der Waals surface area contributed by atoms with Crippen molar-refractivity contribution in [3.8, 4) is 11.4 Å². The molecule has 5 nitrogen and oxygen atoms in total. The molecule has 0 aliphatic carbocycles. The molecule has 0 unspecified atom stereocenters. The number of aromatic nitrogens is 1. The number of fused-ring (bicyclic) bond motifs is 1. The summed E-state index contributed by atoms with van der Waals surface area (Å²) < 4.78 is 9.15. The standard InChI is InChI=1S/C34H27BrN2O3S/c1-22-18-27(23(2)37(22)29-14-16-30(17-15-29)40-21-24-10-12-28(35)13-11-24)19-32-33(38)36(34(39)41-32)20-26-8-5-7-25-6-3-4-9-31(25)26/h3-19H,20-21H2,1-2H3/b32-19+. The van der Waals surface area contributed by atoms with E-state index in [1.54, 1.807) is 0 Å². The topological polar surface area (TPSA) is 51.5 Å². The molecule has 0 spiro atoms. The van der Waals surface area contributed by atoms with Gasteiger partial charge in [0.15, 0.2) is 0 Å². The molecule has 6 rings (SSSR count). The van der Waals surface area contributed by atoms with Gasteiger partial charge in [-0.25, -0.2) is 0 Å². The van der Waals surface area contributed by atoms with Crippen molar-refractivity contribution in [3.63, 3.8) is 0 Å². The fourth-order valence-corrected chi connectivity index (χ4v) is 6.24. The average molecular weight is 624 g/mol. The number of carbonyl (C=O) groups is 2. The second-order valence-electron chi connectivity index (χ2n) is 9.98. The molecule has 7 heteroatoms. The molecule has 0 N–H and O–H groups in total. The predicted molar refractivity (Wildman–Crippen MR) is 169 cm³/mol. The van der Waals surface area contributed by atoms with E-state index >= 15 is 0 Å². The molecule has 1 aliphatic rings. The minimum Gasteiger partial charge on any atom is -0.489 e. The number of thioether (sulfide) groups is 1. The molecule has 1 fully saturated rings. The van der Waals surface area contributed by atoms with Crippen LogP contribution in [0.2, 0.25) is 0 Å². The van der Waals surface area contributed by atoms with Gasteiger partial charge in [0, 0.05) is 21.5 Å². The Morgan fingerprint density at radius 3 is 2.39 bits per heavy atom. The van der Waals surface area contributed by atoms with Crippen molar-refractivity contribution in [2.75, 3.05) is 0 Å². The predicted octanol–water partition coefficient (Wildman–Crippen LogP) is 8.83. The summed E-state index contributed by atoms with van der Waals surface area (Å²) in [5, 5.41) is 1.89. The lowest BCUT2D eigenvalue weighted by Crippen LogP contribution is -2.27. The normalized spacial score (nSPS) is 14.4. The molecule has 2 heterocycles. The first-order chi connectivity index (χ1) is 19.9. The fraction of sp³-hybridized carbons (Fsp3) is 0.118. The van der Waals surface area contributed by atoms with E-state index in [1.807, 2.05) is 117 Å². The Morgan fingerprint density at radius 2 is 1.61 bits per heavy atom. The van der Waals surface area contributed by atoms with E-state index in [1.165, 1.54) is 4.90 Å². The molecule has 1 aliphatic heterocycles. The van der Waals surface area contributed by atoms with Gasteiger partial charge in [0.1, 0.15) is 12.4 Å². The van der Waals surface area contributed by atoms with Crippen LogP contribution in [-0.4, -0.2) is 20.6 Å². The molecular formula is C34H27BrN2O3S. The Bertz CT molecular complexity index is 1800. The maximum atomic E-state index is 13.3. The minimum atomic E-state index is -0.259. The molecule has 0 saturated carbocycles. The molecular weight excluding hydrogens is 596 g/mol. The second kappa shape index (κ2) is 11.4. The van der Waals surface area contributed by atoms with E-state index < -0.39 is 0 Å². The van der Waals surface area contributed by atoms with Crippen molar-refractivity contribution in [2.24, 2.45) is 0 Å². The van der Waals surface area contributed by atoms with Crippen LogP contribution in [-0.2, 0) is 17.9 Å². The number of hydrogen-bond acceptors (Lipinski definition) is 4. The van der Waals surface area contributed by atoms with Gasteiger partial charge in [0.2, 0.25) is 0 Å². The molecule has 204 valence electrons. The van der Waals surface area contributed by atoms with E-state index in [0.29, 0.717) is 11.5 Å². The second-order valence-corrected chi connectivity index (χ2v) is 11.9. The zero-order chi connectivity index (χ0) is 28.5. The van der Waals surface area contributed by atoms with Gasteiger partial charge in [-0.3, -0.25) is 14.5 Å². The van der Waals surface area contributed by atoms with Crippen LogP contribution in [0, 0.1) is 13.8 Å². The van der Waals surface area contributed by atoms with Gasteiger partial charge in [-0.2, -0.15) is 0 Å². The lowest BCUT2D eigenvalue weighted by Gasteiger charge is -2.14. The number of rotatable bonds is 7. The zero-order valence-corrected chi connectivity index (χ0v) is 25.0. The van der Waals surface area contributed by atoms with Gasteiger partial charge in [-0.1, -0.05) is 70.5 Å². The Balaban J connectivity index is 1.19. The van der Waals surface area contributed by atoms with Crippen molar-refractivity contribution in [2.45, 2.75) is 27.0 Å². The van der Waals surface area contributed by atoms with E-state index in [4.69, 9.17) is 4.74 Å². The van der Waals surface area contributed by atoms with Crippen LogP contribution in [0.4, 0.5) is 4.79 Å². The summed E-state index contributed by atoms with van der Waals surface area (Å²) in [7, 11) is 0. The third-order valence-electron chi connectivity index (χ3n) is 7.25. The summed E-state index contributed by atoms with van der Waals surface area (Å²) in [6.07, 6.45) is 1.84. The highest BCUT2D eigenvalue weighted by Gasteiger charge is 2.35. The zero-order valence-electron chi connectivity index (χ0n) is 22.6. The Kier molecular flexibility index (Phi) is 7.56. The smallest absolute Gasteiger partial charge is 0.293 e.